The van der Waals surface area contributed by atoms with Crippen molar-refractivity contribution in [3.8, 4) is 0 Å². The molecule has 1 atom stereocenters. The Hall–Kier alpha value is -7.09. The molecule has 5 amide bonds. The molecule has 3 saturated heterocycles. The highest BCUT2D eigenvalue weighted by Crippen LogP contribution is 2.32. The first-order valence-corrected chi connectivity index (χ1v) is 24.7. The predicted octanol–water partition coefficient (Wildman–Crippen LogP) is 4.83. The van der Waals surface area contributed by atoms with E-state index >= 15 is 0 Å². The Morgan fingerprint density at radius 1 is 0.800 bits per heavy atom. The molecule has 360 valence electrons. The van der Waals surface area contributed by atoms with Crippen LogP contribution < -0.4 is 31.5 Å². The molecule has 0 aliphatic carbocycles. The van der Waals surface area contributed by atoms with Gasteiger partial charge in [-0.25, -0.2) is 19.9 Å². The minimum absolute atomic E-state index is 0.127. The fraction of sp³-hybridized carbons (Fsp3) is 0.373. The van der Waals surface area contributed by atoms with Crippen LogP contribution in [0.3, 0.4) is 0 Å². The first-order valence-electron chi connectivity index (χ1n) is 23.9. The van der Waals surface area contributed by atoms with Crippen LogP contribution in [0, 0.1) is 0 Å². The van der Waals surface area contributed by atoms with E-state index in [2.05, 4.69) is 68.6 Å². The highest BCUT2D eigenvalue weighted by molar-refractivity contribution is 7.99. The van der Waals surface area contributed by atoms with Crippen molar-refractivity contribution >= 4 is 64.2 Å². The van der Waals surface area contributed by atoms with E-state index in [1.165, 1.54) is 28.4 Å². The molecule has 0 saturated carbocycles. The van der Waals surface area contributed by atoms with E-state index < -0.39 is 11.9 Å². The summed E-state index contributed by atoms with van der Waals surface area (Å²) in [4.78, 5) is 95.7. The zero-order valence-corrected chi connectivity index (χ0v) is 39.8. The van der Waals surface area contributed by atoms with E-state index in [4.69, 9.17) is 5.73 Å². The smallest absolute Gasteiger partial charge is 0.275 e. The molecule has 0 spiro atoms. The fourth-order valence-corrected chi connectivity index (χ4v) is 10.6. The Bertz CT molecular complexity index is 2820. The third-order valence-corrected chi connectivity index (χ3v) is 14.9. The van der Waals surface area contributed by atoms with E-state index in [9.17, 15) is 24.0 Å². The quantitative estimate of drug-likeness (QED) is 0.123. The van der Waals surface area contributed by atoms with Crippen LogP contribution in [0.1, 0.15) is 99.9 Å². The lowest BCUT2D eigenvalue weighted by Gasteiger charge is -2.40. The summed E-state index contributed by atoms with van der Waals surface area (Å²) in [7, 11) is 0. The lowest BCUT2D eigenvalue weighted by molar-refractivity contribution is -0.136. The lowest BCUT2D eigenvalue weighted by Crippen LogP contribution is -2.52. The van der Waals surface area contributed by atoms with Gasteiger partial charge in [0.2, 0.25) is 11.8 Å². The van der Waals surface area contributed by atoms with Crippen LogP contribution in [-0.4, -0.2) is 121 Å². The molecular formula is C51H55N13O5S. The van der Waals surface area contributed by atoms with Crippen LogP contribution in [0.2, 0.25) is 0 Å². The van der Waals surface area contributed by atoms with Crippen molar-refractivity contribution in [3.05, 3.63) is 125 Å². The maximum atomic E-state index is 13.2. The number of nitrogens with one attached hydrogen (secondary N) is 3. The molecule has 2 aromatic carbocycles. The number of nitrogens with two attached hydrogens (primary N) is 1. The molecule has 5 aliphatic heterocycles. The van der Waals surface area contributed by atoms with Crippen molar-refractivity contribution < 1.29 is 24.0 Å². The summed E-state index contributed by atoms with van der Waals surface area (Å²) < 4.78 is 0. The maximum Gasteiger partial charge on any atom is 0.275 e. The molecule has 10 rings (SSSR count). The van der Waals surface area contributed by atoms with Crippen molar-refractivity contribution in [1.29, 1.82) is 0 Å². The average molecular weight is 962 g/mol. The topological polar surface area (TPSA) is 225 Å². The van der Waals surface area contributed by atoms with Gasteiger partial charge >= 0.3 is 0 Å². The number of nitrogens with zero attached hydrogens (tertiary/aromatic N) is 9. The Morgan fingerprint density at radius 3 is 2.27 bits per heavy atom. The second kappa shape index (κ2) is 20.1. The first kappa shape index (κ1) is 46.6. The molecule has 19 heteroatoms. The zero-order valence-electron chi connectivity index (χ0n) is 39.0. The van der Waals surface area contributed by atoms with Crippen LogP contribution in [0.15, 0.2) is 102 Å². The maximum absolute atomic E-state index is 13.2. The van der Waals surface area contributed by atoms with E-state index in [1.54, 1.807) is 36.8 Å². The monoisotopic (exact) mass is 961 g/mol. The van der Waals surface area contributed by atoms with E-state index in [0.29, 0.717) is 29.4 Å². The standard InChI is InChI=1S/C51H55N13O5S/c1-51(52)15-21-63(22-16-51)44-29-57-46(30-56-44)70-38-4-2-3-36(24-38)59-48(67)41-27-55-43(28-54-41)62-19-13-37(14-20-62)61-17-11-33(12-18-61)34-6-8-40(53-26-34)47(66)58-25-32-5-7-39-35(23-32)31-64(50(39)69)42-9-10-45(65)60-49(42)68/h2-8,11,23-24,26-30,37,42H,9-10,12-22,25,31,52H2,1H3,(H,58,66)(H,59,67)(H,60,65,68). The molecule has 3 fully saturated rings. The number of hydrogen-bond acceptors (Lipinski definition) is 15. The molecule has 0 bridgehead atoms. The number of fused-ring (bicyclic) bond motifs is 1. The predicted molar refractivity (Wildman–Crippen MR) is 264 cm³/mol. The van der Waals surface area contributed by atoms with Crippen molar-refractivity contribution in [3.63, 3.8) is 0 Å². The van der Waals surface area contributed by atoms with Gasteiger partial charge in [-0.15, -0.1) is 0 Å². The zero-order chi connectivity index (χ0) is 48.4. The highest BCUT2D eigenvalue weighted by atomic mass is 32.2. The number of carbonyl (C=O) groups excluding carboxylic acids is 5. The third-order valence-electron chi connectivity index (χ3n) is 14.0. The minimum Gasteiger partial charge on any atom is -0.355 e. The first-order chi connectivity index (χ1) is 33.9. The molecule has 1 unspecified atom stereocenters. The number of aromatic nitrogens is 5. The molecule has 5 N–H and O–H groups in total. The second-order valence-corrected chi connectivity index (χ2v) is 20.0. The molecule has 5 aromatic rings. The summed E-state index contributed by atoms with van der Waals surface area (Å²) in [6.07, 6.45) is 16.0. The van der Waals surface area contributed by atoms with Crippen molar-refractivity contribution in [2.75, 3.05) is 54.4 Å². The van der Waals surface area contributed by atoms with Gasteiger partial charge in [-0.2, -0.15) is 0 Å². The minimum atomic E-state index is -0.676. The van der Waals surface area contributed by atoms with Crippen molar-refractivity contribution in [2.45, 2.75) is 92.5 Å². The Morgan fingerprint density at radius 2 is 1.57 bits per heavy atom. The number of imide groups is 1. The van der Waals surface area contributed by atoms with E-state index in [1.807, 2.05) is 42.6 Å². The average Bonchev–Trinajstić information content (AvgIpc) is 3.70. The molecule has 70 heavy (non-hydrogen) atoms. The molecule has 3 aromatic heterocycles. The summed E-state index contributed by atoms with van der Waals surface area (Å²) in [6.45, 7) is 7.78. The van der Waals surface area contributed by atoms with Gasteiger partial charge in [0, 0.05) is 92.7 Å². The number of anilines is 3. The number of rotatable bonds is 12. The molecule has 0 radical (unpaired) electrons. The van der Waals surface area contributed by atoms with Crippen molar-refractivity contribution in [1.82, 2.24) is 45.4 Å². The van der Waals surface area contributed by atoms with Gasteiger partial charge in [-0.3, -0.25) is 39.2 Å². The SMILES string of the molecule is CC1(N)CCN(c2cnc(Sc3cccc(NC(=O)c4cnc(N5CCC(N6CC=C(c7ccc(C(=O)NCc8ccc9c(c8)CN(C8CCC(=O)NC8=O)C9=O)nc7)CC6)CC5)cn4)c3)cn2)CC1. The van der Waals surface area contributed by atoms with Crippen LogP contribution in [-0.2, 0) is 22.7 Å². The van der Waals surface area contributed by atoms with Gasteiger partial charge < -0.3 is 31.1 Å². The third kappa shape index (κ3) is 10.6. The van der Waals surface area contributed by atoms with Crippen LogP contribution in [0.5, 0.6) is 0 Å². The number of carbonyl (C=O) groups is 5. The Labute approximate surface area is 409 Å². The van der Waals surface area contributed by atoms with Crippen LogP contribution in [0.25, 0.3) is 5.57 Å². The fourth-order valence-electron chi connectivity index (χ4n) is 9.79. The van der Waals surface area contributed by atoms with Gasteiger partial charge in [-0.05, 0) is 98.0 Å². The number of piperidine rings is 3. The Kier molecular flexibility index (Phi) is 13.4. The van der Waals surface area contributed by atoms with Gasteiger partial charge in [0.25, 0.3) is 17.7 Å². The molecule has 8 heterocycles. The summed E-state index contributed by atoms with van der Waals surface area (Å²) >= 11 is 1.48. The number of hydrogen-bond donors (Lipinski definition) is 4. The number of pyridine rings is 1. The Balaban J connectivity index is 0.652. The van der Waals surface area contributed by atoms with Crippen LogP contribution in [0.4, 0.5) is 17.3 Å². The number of amides is 5. The van der Waals surface area contributed by atoms with Gasteiger partial charge in [0.1, 0.15) is 34.1 Å². The largest absolute Gasteiger partial charge is 0.355 e. The normalized spacial score (nSPS) is 19.6. The van der Waals surface area contributed by atoms with E-state index in [0.717, 1.165) is 110 Å². The molecule has 5 aliphatic rings. The summed E-state index contributed by atoms with van der Waals surface area (Å²) in [5.41, 5.74) is 11.7. The summed E-state index contributed by atoms with van der Waals surface area (Å²) in [6, 6.07) is 16.5. The summed E-state index contributed by atoms with van der Waals surface area (Å²) in [5.74, 6) is -0.0246. The van der Waals surface area contributed by atoms with Gasteiger partial charge in [0.15, 0.2) is 0 Å². The highest BCUT2D eigenvalue weighted by Gasteiger charge is 2.39. The lowest BCUT2D eigenvalue weighted by atomic mass is 9.91. The number of benzene rings is 2. The van der Waals surface area contributed by atoms with Crippen molar-refractivity contribution in [2.24, 2.45) is 5.73 Å². The van der Waals surface area contributed by atoms with Gasteiger partial charge in [-0.1, -0.05) is 42.1 Å². The van der Waals surface area contributed by atoms with E-state index in [-0.39, 0.29) is 54.4 Å². The molecule has 18 nitrogen and oxygen atoms in total. The molecular weight excluding hydrogens is 907 g/mol. The summed E-state index contributed by atoms with van der Waals surface area (Å²) in [5, 5.41) is 8.98. The van der Waals surface area contributed by atoms with Gasteiger partial charge in [0.05, 0.1) is 24.8 Å². The second-order valence-electron chi connectivity index (χ2n) is 18.9. The van der Waals surface area contributed by atoms with Crippen LogP contribution >= 0.6 is 11.8 Å².